The fourth-order valence-electron chi connectivity index (χ4n) is 1.69. The second-order valence-electron chi connectivity index (χ2n) is 4.00. The number of hydrogen-bond acceptors (Lipinski definition) is 2. The number of ketones is 1. The number of carbonyl (C=O) groups excluding carboxylic acids is 1. The Morgan fingerprint density at radius 3 is 2.44 bits per heavy atom. The third-order valence-electron chi connectivity index (χ3n) is 2.76. The van der Waals surface area contributed by atoms with Gasteiger partial charge in [0.1, 0.15) is 5.82 Å². The van der Waals surface area contributed by atoms with Crippen LogP contribution in [0, 0.1) is 12.7 Å². The number of nitrogen functional groups attached to an aromatic ring is 1. The first-order valence-electron chi connectivity index (χ1n) is 5.35. The van der Waals surface area contributed by atoms with Crippen LogP contribution in [0.2, 0.25) is 0 Å². The minimum Gasteiger partial charge on any atom is -0.398 e. The molecule has 0 radical (unpaired) electrons. The van der Waals surface area contributed by atoms with Gasteiger partial charge >= 0.3 is 0 Å². The lowest BCUT2D eigenvalue weighted by Gasteiger charge is -2.08. The Bertz CT molecular complexity index is 608. The molecule has 0 amide bonds. The maximum Gasteiger partial charge on any atom is 0.193 e. The monoisotopic (exact) mass is 307 g/mol. The number of carbonyl (C=O) groups is 1. The molecule has 2 aromatic carbocycles. The van der Waals surface area contributed by atoms with Crippen molar-refractivity contribution in [3.05, 3.63) is 63.4 Å². The van der Waals surface area contributed by atoms with E-state index in [0.717, 1.165) is 10.0 Å². The van der Waals surface area contributed by atoms with Gasteiger partial charge in [-0.25, -0.2) is 4.39 Å². The predicted molar refractivity (Wildman–Crippen MR) is 73.1 cm³/mol. The molecule has 0 spiro atoms. The molecule has 0 saturated carbocycles. The SMILES string of the molecule is Cc1c(N)cc(Br)cc1C(=O)c1ccc(F)cc1. The molecule has 0 heterocycles. The van der Waals surface area contributed by atoms with E-state index in [1.807, 2.05) is 0 Å². The first kappa shape index (κ1) is 12.8. The standard InChI is InChI=1S/C14H11BrFNO/c1-8-12(6-10(15)7-13(8)17)14(18)9-2-4-11(16)5-3-9/h2-7H,17H2,1H3. The second-order valence-corrected chi connectivity index (χ2v) is 4.92. The zero-order chi connectivity index (χ0) is 13.3. The quantitative estimate of drug-likeness (QED) is 0.679. The van der Waals surface area contributed by atoms with Gasteiger partial charge in [-0.05, 0) is 48.9 Å². The van der Waals surface area contributed by atoms with E-state index in [2.05, 4.69) is 15.9 Å². The number of anilines is 1. The molecule has 0 saturated heterocycles. The van der Waals surface area contributed by atoms with Gasteiger partial charge < -0.3 is 5.73 Å². The van der Waals surface area contributed by atoms with Crippen molar-refractivity contribution in [3.8, 4) is 0 Å². The molecule has 0 atom stereocenters. The summed E-state index contributed by atoms with van der Waals surface area (Å²) in [6.45, 7) is 1.79. The molecule has 0 aliphatic heterocycles. The van der Waals surface area contributed by atoms with Crippen molar-refractivity contribution in [1.82, 2.24) is 0 Å². The molecule has 18 heavy (non-hydrogen) atoms. The van der Waals surface area contributed by atoms with E-state index in [4.69, 9.17) is 5.73 Å². The molecule has 2 nitrogen and oxygen atoms in total. The van der Waals surface area contributed by atoms with Crippen molar-refractivity contribution in [1.29, 1.82) is 0 Å². The van der Waals surface area contributed by atoms with Crippen molar-refractivity contribution < 1.29 is 9.18 Å². The first-order chi connectivity index (χ1) is 8.49. The Morgan fingerprint density at radius 1 is 1.22 bits per heavy atom. The van der Waals surface area contributed by atoms with E-state index >= 15 is 0 Å². The third kappa shape index (κ3) is 2.43. The summed E-state index contributed by atoms with van der Waals surface area (Å²) in [6.07, 6.45) is 0. The van der Waals surface area contributed by atoms with E-state index in [1.165, 1.54) is 24.3 Å². The van der Waals surface area contributed by atoms with Crippen LogP contribution in [0.4, 0.5) is 10.1 Å². The minimum atomic E-state index is -0.364. The lowest BCUT2D eigenvalue weighted by molar-refractivity contribution is 0.103. The summed E-state index contributed by atoms with van der Waals surface area (Å²) in [5.74, 6) is -0.530. The molecular formula is C14H11BrFNO. The third-order valence-corrected chi connectivity index (χ3v) is 3.22. The molecule has 0 aromatic heterocycles. The normalized spacial score (nSPS) is 10.4. The van der Waals surface area contributed by atoms with E-state index in [0.29, 0.717) is 16.8 Å². The first-order valence-corrected chi connectivity index (χ1v) is 6.14. The van der Waals surface area contributed by atoms with Gasteiger partial charge in [-0.15, -0.1) is 0 Å². The Kier molecular flexibility index (Phi) is 3.48. The smallest absolute Gasteiger partial charge is 0.193 e. The molecule has 0 aliphatic rings. The number of nitrogens with two attached hydrogens (primary N) is 1. The minimum absolute atomic E-state index is 0.166. The van der Waals surface area contributed by atoms with Crippen LogP contribution in [-0.4, -0.2) is 5.78 Å². The van der Waals surface area contributed by atoms with Crippen LogP contribution in [0.3, 0.4) is 0 Å². The number of halogens is 2. The van der Waals surface area contributed by atoms with Gasteiger partial charge in [0, 0.05) is 21.3 Å². The summed E-state index contributed by atoms with van der Waals surface area (Å²) < 4.78 is 13.6. The number of rotatable bonds is 2. The maximum atomic E-state index is 12.8. The Labute approximate surface area is 113 Å². The topological polar surface area (TPSA) is 43.1 Å². The fraction of sp³-hybridized carbons (Fsp3) is 0.0714. The molecule has 2 aromatic rings. The van der Waals surface area contributed by atoms with Gasteiger partial charge in [0.05, 0.1) is 0 Å². The molecular weight excluding hydrogens is 297 g/mol. The molecule has 0 bridgehead atoms. The lowest BCUT2D eigenvalue weighted by atomic mass is 9.98. The highest BCUT2D eigenvalue weighted by Crippen LogP contribution is 2.24. The highest BCUT2D eigenvalue weighted by Gasteiger charge is 2.14. The van der Waals surface area contributed by atoms with Crippen molar-refractivity contribution in [3.63, 3.8) is 0 Å². The largest absolute Gasteiger partial charge is 0.398 e. The molecule has 2 N–H and O–H groups in total. The van der Waals surface area contributed by atoms with Crippen LogP contribution >= 0.6 is 15.9 Å². The van der Waals surface area contributed by atoms with Crippen LogP contribution in [0.1, 0.15) is 21.5 Å². The van der Waals surface area contributed by atoms with Crippen LogP contribution < -0.4 is 5.73 Å². The molecule has 0 aliphatic carbocycles. The molecule has 92 valence electrons. The summed E-state index contributed by atoms with van der Waals surface area (Å²) in [6, 6.07) is 8.93. The summed E-state index contributed by atoms with van der Waals surface area (Å²) in [5.41, 5.74) is 8.06. The summed E-state index contributed by atoms with van der Waals surface area (Å²) in [7, 11) is 0. The zero-order valence-corrected chi connectivity index (χ0v) is 11.3. The van der Waals surface area contributed by atoms with Gasteiger partial charge in [0.2, 0.25) is 0 Å². The average Bonchev–Trinajstić information content (AvgIpc) is 2.34. The Balaban J connectivity index is 2.49. The van der Waals surface area contributed by atoms with Crippen molar-refractivity contribution >= 4 is 27.4 Å². The van der Waals surface area contributed by atoms with Gasteiger partial charge in [-0.3, -0.25) is 4.79 Å². The van der Waals surface area contributed by atoms with Crippen LogP contribution in [0.25, 0.3) is 0 Å². The highest BCUT2D eigenvalue weighted by atomic mass is 79.9. The van der Waals surface area contributed by atoms with Gasteiger partial charge in [0.25, 0.3) is 0 Å². The van der Waals surface area contributed by atoms with Gasteiger partial charge in [0.15, 0.2) is 5.78 Å². The van der Waals surface area contributed by atoms with Crippen molar-refractivity contribution in [2.24, 2.45) is 0 Å². The van der Waals surface area contributed by atoms with Crippen LogP contribution in [-0.2, 0) is 0 Å². The molecule has 2 rings (SSSR count). The van der Waals surface area contributed by atoms with Crippen molar-refractivity contribution in [2.45, 2.75) is 6.92 Å². The van der Waals surface area contributed by atoms with E-state index in [-0.39, 0.29) is 11.6 Å². The molecule has 4 heteroatoms. The second kappa shape index (κ2) is 4.90. The summed E-state index contributed by atoms with van der Waals surface area (Å²) in [4.78, 5) is 12.3. The highest BCUT2D eigenvalue weighted by molar-refractivity contribution is 9.10. The lowest BCUT2D eigenvalue weighted by Crippen LogP contribution is -2.06. The average molecular weight is 308 g/mol. The van der Waals surface area contributed by atoms with Crippen LogP contribution in [0.15, 0.2) is 40.9 Å². The van der Waals surface area contributed by atoms with Gasteiger partial charge in [-0.2, -0.15) is 0 Å². The number of hydrogen-bond donors (Lipinski definition) is 1. The maximum absolute atomic E-state index is 12.8. The van der Waals surface area contributed by atoms with E-state index in [1.54, 1.807) is 19.1 Å². The summed E-state index contributed by atoms with van der Waals surface area (Å²) in [5, 5.41) is 0. The Morgan fingerprint density at radius 2 is 1.83 bits per heavy atom. The van der Waals surface area contributed by atoms with Gasteiger partial charge in [-0.1, -0.05) is 15.9 Å². The predicted octanol–water partition coefficient (Wildman–Crippen LogP) is 3.71. The number of benzene rings is 2. The zero-order valence-electron chi connectivity index (χ0n) is 9.71. The molecule has 0 fully saturated rings. The molecule has 0 unspecified atom stereocenters. The van der Waals surface area contributed by atoms with E-state index in [9.17, 15) is 9.18 Å². The van der Waals surface area contributed by atoms with Crippen molar-refractivity contribution in [2.75, 3.05) is 5.73 Å². The van der Waals surface area contributed by atoms with E-state index < -0.39 is 0 Å². The Hall–Kier alpha value is -1.68. The van der Waals surface area contributed by atoms with Crippen LogP contribution in [0.5, 0.6) is 0 Å². The fourth-order valence-corrected chi connectivity index (χ4v) is 2.17. The summed E-state index contributed by atoms with van der Waals surface area (Å²) >= 11 is 3.31.